The van der Waals surface area contributed by atoms with E-state index in [-0.39, 0.29) is 17.2 Å². The third-order valence-corrected chi connectivity index (χ3v) is 3.63. The van der Waals surface area contributed by atoms with E-state index in [1.807, 2.05) is 0 Å². The Morgan fingerprint density at radius 3 is 2.25 bits per heavy atom. The molecule has 0 aliphatic rings. The van der Waals surface area contributed by atoms with E-state index < -0.39 is 30.1 Å². The third kappa shape index (κ3) is 5.60. The van der Waals surface area contributed by atoms with E-state index in [0.29, 0.717) is 5.56 Å². The topological polar surface area (TPSA) is 86.6 Å². The van der Waals surface area contributed by atoms with Crippen molar-refractivity contribution in [3.63, 3.8) is 0 Å². The predicted octanol–water partition coefficient (Wildman–Crippen LogP) is 3.31. The van der Waals surface area contributed by atoms with Gasteiger partial charge in [0, 0.05) is 24.5 Å². The van der Waals surface area contributed by atoms with Crippen LogP contribution < -0.4 is 10.1 Å². The minimum Gasteiger partial charge on any atom is -0.448 e. The van der Waals surface area contributed by atoms with Crippen molar-refractivity contribution in [1.29, 1.82) is 0 Å². The lowest BCUT2D eigenvalue weighted by molar-refractivity contribution is -0.274. The number of rotatable bonds is 6. The molecule has 1 atom stereocenters. The van der Waals surface area contributed by atoms with E-state index in [0.717, 1.165) is 12.1 Å². The number of hydrogen-bond acceptors (Lipinski definition) is 5. The van der Waals surface area contributed by atoms with Gasteiger partial charge in [0.2, 0.25) is 0 Å². The Labute approximate surface area is 158 Å². The lowest BCUT2D eigenvalue weighted by atomic mass is 10.2. The first-order chi connectivity index (χ1) is 13.0. The van der Waals surface area contributed by atoms with Crippen LogP contribution in [0.2, 0.25) is 0 Å². The monoisotopic (exact) mass is 398 g/mol. The zero-order valence-corrected chi connectivity index (χ0v) is 15.2. The number of esters is 1. The number of amides is 1. The van der Waals surface area contributed by atoms with Crippen molar-refractivity contribution >= 4 is 23.3 Å². The van der Waals surface area contributed by atoms with Crippen molar-refractivity contribution < 1.29 is 37.0 Å². The van der Waals surface area contributed by atoms with Crippen LogP contribution in [0, 0.1) is 0 Å². The zero-order chi connectivity index (χ0) is 21.1. The fraction of sp³-hybridized carbons (Fsp3) is 0.278. The molecule has 1 N–H and O–H groups in total. The lowest BCUT2D eigenvalue weighted by Gasteiger charge is -2.14. The maximum Gasteiger partial charge on any atom is 0.573 e. The number of ketones is 1. The molecule has 28 heavy (non-hydrogen) atoms. The molecule has 0 bridgehead atoms. The summed E-state index contributed by atoms with van der Waals surface area (Å²) in [5.41, 5.74) is 0.617. The molecule has 0 aliphatic heterocycles. The standard InChI is InChI=1S/C18H17F3N2O5/c1-10(24)12-8-15(23(3)9-12)17(26)27-11(2)16(25)22-13-4-6-14(7-5-13)28-18(19,20)21/h4-9,11H,1-3H3,(H,22,25)/t11-/m0/s1. The van der Waals surface area contributed by atoms with E-state index in [1.54, 1.807) is 7.05 Å². The third-order valence-electron chi connectivity index (χ3n) is 3.63. The van der Waals surface area contributed by atoms with E-state index in [9.17, 15) is 27.6 Å². The Balaban J connectivity index is 1.97. The van der Waals surface area contributed by atoms with Crippen molar-refractivity contribution in [2.45, 2.75) is 26.3 Å². The normalized spacial score (nSPS) is 12.2. The lowest BCUT2D eigenvalue weighted by Crippen LogP contribution is -2.30. The average molecular weight is 398 g/mol. The summed E-state index contributed by atoms with van der Waals surface area (Å²) in [6, 6.07) is 5.85. The second-order valence-corrected chi connectivity index (χ2v) is 5.89. The fourth-order valence-electron chi connectivity index (χ4n) is 2.22. The first-order valence-electron chi connectivity index (χ1n) is 8.01. The molecular formula is C18H17F3N2O5. The molecule has 0 spiro atoms. The molecule has 2 rings (SSSR count). The molecule has 1 aromatic carbocycles. The van der Waals surface area contributed by atoms with Crippen LogP contribution in [-0.4, -0.2) is 34.7 Å². The number of benzene rings is 1. The molecule has 1 heterocycles. The number of halogens is 3. The first-order valence-corrected chi connectivity index (χ1v) is 8.01. The molecule has 0 aliphatic carbocycles. The summed E-state index contributed by atoms with van der Waals surface area (Å²) in [4.78, 5) is 35.7. The van der Waals surface area contributed by atoms with Crippen LogP contribution in [0.4, 0.5) is 18.9 Å². The Kier molecular flexibility index (Phi) is 6.12. The van der Waals surface area contributed by atoms with Gasteiger partial charge in [0.25, 0.3) is 5.91 Å². The molecular weight excluding hydrogens is 381 g/mol. The SMILES string of the molecule is CC(=O)c1cc(C(=O)O[C@@H](C)C(=O)Nc2ccc(OC(F)(F)F)cc2)n(C)c1. The first kappa shape index (κ1) is 21.0. The second-order valence-electron chi connectivity index (χ2n) is 5.89. The summed E-state index contributed by atoms with van der Waals surface area (Å²) < 4.78 is 46.6. The summed E-state index contributed by atoms with van der Waals surface area (Å²) in [6.45, 7) is 2.69. The van der Waals surface area contributed by atoms with Gasteiger partial charge in [-0.25, -0.2) is 4.79 Å². The highest BCUT2D eigenvalue weighted by molar-refractivity contribution is 5.99. The van der Waals surface area contributed by atoms with E-state index >= 15 is 0 Å². The van der Waals surface area contributed by atoms with Crippen LogP contribution in [0.5, 0.6) is 5.75 Å². The van der Waals surface area contributed by atoms with E-state index in [4.69, 9.17) is 4.74 Å². The van der Waals surface area contributed by atoms with Crippen molar-refractivity contribution in [3.05, 3.63) is 47.8 Å². The summed E-state index contributed by atoms with van der Waals surface area (Å²) in [6.07, 6.45) is -4.53. The number of anilines is 1. The smallest absolute Gasteiger partial charge is 0.448 e. The molecule has 7 nitrogen and oxygen atoms in total. The molecule has 150 valence electrons. The number of hydrogen-bond donors (Lipinski definition) is 1. The van der Waals surface area contributed by atoms with E-state index in [2.05, 4.69) is 10.1 Å². The number of carbonyl (C=O) groups excluding carboxylic acids is 3. The van der Waals surface area contributed by atoms with Gasteiger partial charge in [-0.15, -0.1) is 13.2 Å². The fourth-order valence-corrected chi connectivity index (χ4v) is 2.22. The number of ether oxygens (including phenoxy) is 2. The molecule has 2 aromatic rings. The van der Waals surface area contributed by atoms with Gasteiger partial charge in [-0.2, -0.15) is 0 Å². The van der Waals surface area contributed by atoms with Gasteiger partial charge >= 0.3 is 12.3 Å². The number of nitrogens with zero attached hydrogens (tertiary/aromatic N) is 1. The quantitative estimate of drug-likeness (QED) is 0.596. The average Bonchev–Trinajstić information content (AvgIpc) is 2.97. The van der Waals surface area contributed by atoms with E-state index in [1.165, 1.54) is 42.8 Å². The molecule has 0 unspecified atom stereocenters. The van der Waals surface area contributed by atoms with Crippen molar-refractivity contribution in [2.24, 2.45) is 7.05 Å². The molecule has 0 fully saturated rings. The van der Waals surface area contributed by atoms with Gasteiger partial charge in [-0.1, -0.05) is 0 Å². The Bertz CT molecular complexity index is 888. The number of alkyl halides is 3. The van der Waals surface area contributed by atoms with Gasteiger partial charge in [0.05, 0.1) is 0 Å². The highest BCUT2D eigenvalue weighted by atomic mass is 19.4. The maximum absolute atomic E-state index is 12.2. The molecule has 0 saturated heterocycles. The van der Waals surface area contributed by atoms with Gasteiger partial charge in [-0.3, -0.25) is 9.59 Å². The van der Waals surface area contributed by atoms with Crippen LogP contribution in [0.1, 0.15) is 34.7 Å². The van der Waals surface area contributed by atoms with Crippen LogP contribution in [0.25, 0.3) is 0 Å². The Morgan fingerprint density at radius 1 is 1.14 bits per heavy atom. The van der Waals surface area contributed by atoms with Crippen LogP contribution in [0.15, 0.2) is 36.5 Å². The predicted molar refractivity (Wildman–Crippen MR) is 92.0 cm³/mol. The highest BCUT2D eigenvalue weighted by Crippen LogP contribution is 2.24. The van der Waals surface area contributed by atoms with Gasteiger partial charge < -0.3 is 19.4 Å². The number of aromatic nitrogens is 1. The molecule has 1 amide bonds. The molecule has 0 saturated carbocycles. The van der Waals surface area contributed by atoms with Crippen LogP contribution in [0.3, 0.4) is 0 Å². The van der Waals surface area contributed by atoms with Crippen LogP contribution in [-0.2, 0) is 16.6 Å². The Hall–Kier alpha value is -3.30. The summed E-state index contributed by atoms with van der Waals surface area (Å²) in [5.74, 6) is -2.14. The largest absolute Gasteiger partial charge is 0.573 e. The van der Waals surface area contributed by atoms with Crippen molar-refractivity contribution in [1.82, 2.24) is 4.57 Å². The van der Waals surface area contributed by atoms with Crippen molar-refractivity contribution in [2.75, 3.05) is 5.32 Å². The van der Waals surface area contributed by atoms with Gasteiger partial charge in [-0.05, 0) is 44.2 Å². The summed E-state index contributed by atoms with van der Waals surface area (Å²) in [7, 11) is 1.55. The number of carbonyl (C=O) groups is 3. The molecule has 1 aromatic heterocycles. The summed E-state index contributed by atoms with van der Waals surface area (Å²) in [5, 5.41) is 2.41. The number of Topliss-reactive ketones (excluding diaryl/α,β-unsaturated/α-hetero) is 1. The minimum atomic E-state index is -4.81. The number of aryl methyl sites for hydroxylation is 1. The molecule has 10 heteroatoms. The zero-order valence-electron chi connectivity index (χ0n) is 15.2. The highest BCUT2D eigenvalue weighted by Gasteiger charge is 2.31. The van der Waals surface area contributed by atoms with Gasteiger partial charge in [0.1, 0.15) is 11.4 Å². The van der Waals surface area contributed by atoms with Gasteiger partial charge in [0.15, 0.2) is 11.9 Å². The van der Waals surface area contributed by atoms with Crippen molar-refractivity contribution in [3.8, 4) is 5.75 Å². The summed E-state index contributed by atoms with van der Waals surface area (Å²) >= 11 is 0. The van der Waals surface area contributed by atoms with Crippen LogP contribution >= 0.6 is 0 Å². The maximum atomic E-state index is 12.2. The Morgan fingerprint density at radius 2 is 1.75 bits per heavy atom. The minimum absolute atomic E-state index is 0.0958. The molecule has 0 radical (unpaired) electrons. The number of nitrogens with one attached hydrogen (secondary N) is 1. The second kappa shape index (κ2) is 8.15.